The maximum atomic E-state index is 9.39. The number of carboxylic acids is 2. The molecular formula is C22H45NO4. The molecule has 0 radical (unpaired) electrons. The van der Waals surface area contributed by atoms with E-state index >= 15 is 0 Å². The van der Waals surface area contributed by atoms with Gasteiger partial charge in [-0.25, -0.2) is 0 Å². The van der Waals surface area contributed by atoms with Gasteiger partial charge in [0.2, 0.25) is 0 Å². The second kappa shape index (κ2) is 19.7. The SMILES string of the molecule is CCCCCCCCCCCCCCCC[N+](C)(C)C.O=C([O-])CC(=O)O. The molecule has 0 rings (SSSR count). The smallest absolute Gasteiger partial charge is 0.309 e. The summed E-state index contributed by atoms with van der Waals surface area (Å²) in [4.78, 5) is 18.7. The van der Waals surface area contributed by atoms with E-state index in [9.17, 15) is 14.7 Å². The van der Waals surface area contributed by atoms with Crippen LogP contribution in [0.4, 0.5) is 0 Å². The lowest BCUT2D eigenvalue weighted by atomic mass is 10.0. The Hall–Kier alpha value is -1.10. The molecule has 0 heterocycles. The van der Waals surface area contributed by atoms with E-state index in [2.05, 4.69) is 28.1 Å². The average Bonchev–Trinajstić information content (AvgIpc) is 2.53. The number of hydrogen-bond acceptors (Lipinski definition) is 3. The van der Waals surface area contributed by atoms with Crippen molar-refractivity contribution in [1.82, 2.24) is 0 Å². The van der Waals surface area contributed by atoms with Gasteiger partial charge >= 0.3 is 5.97 Å². The average molecular weight is 388 g/mol. The van der Waals surface area contributed by atoms with Gasteiger partial charge in [0.05, 0.1) is 40.1 Å². The Bertz CT molecular complexity index is 339. The Morgan fingerprint density at radius 2 is 1.04 bits per heavy atom. The van der Waals surface area contributed by atoms with Crippen LogP contribution in [0.3, 0.4) is 0 Å². The van der Waals surface area contributed by atoms with Crippen molar-refractivity contribution < 1.29 is 24.3 Å². The largest absolute Gasteiger partial charge is 0.550 e. The lowest BCUT2D eigenvalue weighted by Gasteiger charge is -2.23. The van der Waals surface area contributed by atoms with Gasteiger partial charge in [-0.3, -0.25) is 4.79 Å². The first-order valence-electron chi connectivity index (χ1n) is 10.9. The van der Waals surface area contributed by atoms with Crippen molar-refractivity contribution in [3.63, 3.8) is 0 Å². The van der Waals surface area contributed by atoms with Gasteiger partial charge in [0.1, 0.15) is 0 Å². The molecule has 27 heavy (non-hydrogen) atoms. The Kier molecular flexibility index (Phi) is 20.5. The van der Waals surface area contributed by atoms with Crippen LogP contribution in [0.25, 0.3) is 0 Å². The minimum atomic E-state index is -1.56. The first kappa shape index (κ1) is 28.1. The van der Waals surface area contributed by atoms with Crippen LogP contribution >= 0.6 is 0 Å². The summed E-state index contributed by atoms with van der Waals surface area (Å²) in [5.41, 5.74) is 0. The molecule has 0 aromatic carbocycles. The number of rotatable bonds is 17. The van der Waals surface area contributed by atoms with Gasteiger partial charge in [0, 0.05) is 0 Å². The van der Waals surface area contributed by atoms with E-state index in [4.69, 9.17) is 5.11 Å². The van der Waals surface area contributed by atoms with Crippen molar-refractivity contribution in [2.75, 3.05) is 27.7 Å². The third-order valence-electron chi connectivity index (χ3n) is 4.48. The third-order valence-corrected chi connectivity index (χ3v) is 4.48. The lowest BCUT2D eigenvalue weighted by molar-refractivity contribution is -0.870. The molecule has 0 aliphatic carbocycles. The van der Waals surface area contributed by atoms with Crippen LogP contribution in [0.5, 0.6) is 0 Å². The van der Waals surface area contributed by atoms with Gasteiger partial charge in [0.15, 0.2) is 0 Å². The van der Waals surface area contributed by atoms with Gasteiger partial charge in [-0.2, -0.15) is 0 Å². The van der Waals surface area contributed by atoms with Gasteiger partial charge in [-0.1, -0.05) is 84.0 Å². The summed E-state index contributed by atoms with van der Waals surface area (Å²) < 4.78 is 1.12. The molecule has 5 heteroatoms. The van der Waals surface area contributed by atoms with E-state index in [1.54, 1.807) is 0 Å². The van der Waals surface area contributed by atoms with Crippen molar-refractivity contribution in [2.24, 2.45) is 0 Å². The molecule has 0 saturated heterocycles. The highest BCUT2D eigenvalue weighted by atomic mass is 16.4. The van der Waals surface area contributed by atoms with E-state index in [0.717, 1.165) is 4.48 Å². The van der Waals surface area contributed by atoms with E-state index in [-0.39, 0.29) is 0 Å². The Labute approximate surface area is 167 Å². The van der Waals surface area contributed by atoms with Crippen molar-refractivity contribution in [2.45, 2.75) is 103 Å². The minimum Gasteiger partial charge on any atom is -0.550 e. The molecule has 0 unspecified atom stereocenters. The fourth-order valence-electron chi connectivity index (χ4n) is 2.90. The number of hydrogen-bond donors (Lipinski definition) is 1. The van der Waals surface area contributed by atoms with Crippen LogP contribution in [-0.2, 0) is 9.59 Å². The van der Waals surface area contributed by atoms with Gasteiger partial charge in [-0.05, 0) is 12.8 Å². The summed E-state index contributed by atoms with van der Waals surface area (Å²) in [6.45, 7) is 3.63. The monoisotopic (exact) mass is 387 g/mol. The fourth-order valence-corrected chi connectivity index (χ4v) is 2.90. The lowest BCUT2D eigenvalue weighted by Crippen LogP contribution is -2.35. The highest BCUT2D eigenvalue weighted by Crippen LogP contribution is 2.13. The zero-order chi connectivity index (χ0) is 21.0. The number of carbonyl (C=O) groups is 2. The maximum absolute atomic E-state index is 9.39. The Morgan fingerprint density at radius 3 is 1.26 bits per heavy atom. The Morgan fingerprint density at radius 1 is 0.704 bits per heavy atom. The van der Waals surface area contributed by atoms with E-state index in [1.165, 1.54) is 96.4 Å². The number of quaternary nitrogens is 1. The van der Waals surface area contributed by atoms with Gasteiger partial charge < -0.3 is 19.5 Å². The predicted molar refractivity (Wildman–Crippen MR) is 110 cm³/mol. The summed E-state index contributed by atoms with van der Waals surface area (Å²) in [6, 6.07) is 0. The van der Waals surface area contributed by atoms with Crippen LogP contribution in [0.2, 0.25) is 0 Å². The molecule has 0 spiro atoms. The fraction of sp³-hybridized carbons (Fsp3) is 0.909. The predicted octanol–water partition coefficient (Wildman–Crippen LogP) is 4.38. The normalized spacial score (nSPS) is 11.0. The number of carboxylic acid groups (broad SMARTS) is 2. The quantitative estimate of drug-likeness (QED) is 0.228. The molecule has 0 atom stereocenters. The van der Waals surface area contributed by atoms with E-state index in [1.807, 2.05) is 0 Å². The van der Waals surface area contributed by atoms with Crippen molar-refractivity contribution in [1.29, 1.82) is 0 Å². The summed E-state index contributed by atoms with van der Waals surface area (Å²) in [5.74, 6) is -2.94. The topological polar surface area (TPSA) is 77.4 Å². The molecule has 1 N–H and O–H groups in total. The molecule has 0 bridgehead atoms. The Balaban J connectivity index is 0. The molecule has 0 fully saturated rings. The highest BCUT2D eigenvalue weighted by molar-refractivity contribution is 5.87. The molecule has 162 valence electrons. The molecule has 0 aliphatic rings. The van der Waals surface area contributed by atoms with Crippen LogP contribution in [0, 0.1) is 0 Å². The van der Waals surface area contributed by atoms with E-state index in [0.29, 0.717) is 0 Å². The molecule has 0 aromatic rings. The molecular weight excluding hydrogens is 342 g/mol. The molecule has 0 saturated carbocycles. The summed E-state index contributed by atoms with van der Waals surface area (Å²) >= 11 is 0. The maximum Gasteiger partial charge on any atom is 0.309 e. The van der Waals surface area contributed by atoms with Crippen molar-refractivity contribution in [3.05, 3.63) is 0 Å². The van der Waals surface area contributed by atoms with Crippen molar-refractivity contribution in [3.8, 4) is 0 Å². The summed E-state index contributed by atoms with van der Waals surface area (Å²) in [6.07, 6.45) is 19.5. The highest BCUT2D eigenvalue weighted by Gasteiger charge is 2.04. The molecule has 0 aliphatic heterocycles. The second-order valence-corrected chi connectivity index (χ2v) is 8.55. The van der Waals surface area contributed by atoms with Crippen LogP contribution in [-0.4, -0.2) is 49.2 Å². The number of carbonyl (C=O) groups excluding carboxylic acids is 1. The zero-order valence-electron chi connectivity index (χ0n) is 18.4. The first-order chi connectivity index (χ1) is 12.7. The van der Waals surface area contributed by atoms with Crippen LogP contribution < -0.4 is 5.11 Å². The standard InChI is InChI=1S/C19H42N.C3H4O4/c1-5-6-7-8-9-10-11-12-13-14-15-16-17-18-19-20(2,3)4;4-2(5)1-3(6)7/h5-19H2,1-4H3;1H2,(H,4,5)(H,6,7)/q+1;/p-1. The first-order valence-corrected chi connectivity index (χ1v) is 10.9. The summed E-state index contributed by atoms with van der Waals surface area (Å²) in [7, 11) is 6.88. The third kappa shape index (κ3) is 33.0. The number of aliphatic carboxylic acids is 2. The number of nitrogens with zero attached hydrogens (tertiary/aromatic N) is 1. The zero-order valence-corrected chi connectivity index (χ0v) is 18.4. The molecule has 0 aromatic heterocycles. The second-order valence-electron chi connectivity index (χ2n) is 8.55. The van der Waals surface area contributed by atoms with E-state index < -0.39 is 18.4 Å². The minimum absolute atomic E-state index is 0.917. The molecule has 0 amide bonds. The number of unbranched alkanes of at least 4 members (excludes halogenated alkanes) is 13. The van der Waals surface area contributed by atoms with Gasteiger partial charge in [-0.15, -0.1) is 0 Å². The van der Waals surface area contributed by atoms with Crippen molar-refractivity contribution >= 4 is 11.9 Å². The van der Waals surface area contributed by atoms with Crippen LogP contribution in [0.15, 0.2) is 0 Å². The summed E-state index contributed by atoms with van der Waals surface area (Å²) in [5, 5.41) is 17.0. The van der Waals surface area contributed by atoms with Crippen LogP contribution in [0.1, 0.15) is 103 Å². The van der Waals surface area contributed by atoms with Gasteiger partial charge in [0.25, 0.3) is 0 Å². The molecule has 5 nitrogen and oxygen atoms in total.